The Bertz CT molecular complexity index is 1050. The van der Waals surface area contributed by atoms with Gasteiger partial charge in [0.1, 0.15) is 16.4 Å². The summed E-state index contributed by atoms with van der Waals surface area (Å²) in [6, 6.07) is 5.83. The van der Waals surface area contributed by atoms with Crippen molar-refractivity contribution >= 4 is 46.0 Å². The van der Waals surface area contributed by atoms with Gasteiger partial charge in [0, 0.05) is 11.1 Å². The van der Waals surface area contributed by atoms with E-state index in [0.29, 0.717) is 22.6 Å². The molecule has 0 saturated carbocycles. The van der Waals surface area contributed by atoms with E-state index in [0.717, 1.165) is 0 Å². The lowest BCUT2D eigenvalue weighted by molar-refractivity contribution is -0.384. The van der Waals surface area contributed by atoms with Crippen LogP contribution in [0.25, 0.3) is 11.2 Å². The van der Waals surface area contributed by atoms with Crippen LogP contribution in [0, 0.1) is 17.0 Å². The Labute approximate surface area is 157 Å². The maximum atomic E-state index is 11.7. The molecular weight excluding hydrogens is 383 g/mol. The zero-order valence-corrected chi connectivity index (χ0v) is 15.2. The number of fused-ring (bicyclic) bond motifs is 1. The number of carbonyl (C=O) groups is 1. The van der Waals surface area contributed by atoms with Crippen molar-refractivity contribution in [1.29, 1.82) is 0 Å². The van der Waals surface area contributed by atoms with Crippen molar-refractivity contribution in [1.82, 2.24) is 14.5 Å². The second-order valence-electron chi connectivity index (χ2n) is 5.43. The molecule has 1 aromatic carbocycles. The summed E-state index contributed by atoms with van der Waals surface area (Å²) >= 11 is 12.1. The molecular formula is C16H12Cl2N4O4. The Kier molecular flexibility index (Phi) is 4.80. The lowest BCUT2D eigenvalue weighted by atomic mass is 10.2. The average molecular weight is 395 g/mol. The Morgan fingerprint density at radius 2 is 2.00 bits per heavy atom. The molecule has 0 N–H and O–H groups in total. The van der Waals surface area contributed by atoms with Gasteiger partial charge in [-0.05, 0) is 30.7 Å². The zero-order valence-electron chi connectivity index (χ0n) is 13.7. The van der Waals surface area contributed by atoms with E-state index >= 15 is 0 Å². The van der Waals surface area contributed by atoms with Gasteiger partial charge in [0.05, 0.1) is 18.6 Å². The SMILES string of the molecule is COC(=O)c1ccc2nc(C)n(Cc3cc([N+](=O)[O-])c(Cl)cc3Cl)c2n1. The van der Waals surface area contributed by atoms with Crippen LogP contribution in [0.3, 0.4) is 0 Å². The van der Waals surface area contributed by atoms with Gasteiger partial charge in [-0.15, -0.1) is 0 Å². The van der Waals surface area contributed by atoms with Gasteiger partial charge in [-0.3, -0.25) is 10.1 Å². The topological polar surface area (TPSA) is 100 Å². The summed E-state index contributed by atoms with van der Waals surface area (Å²) in [4.78, 5) is 30.9. The van der Waals surface area contributed by atoms with Gasteiger partial charge in [-0.25, -0.2) is 14.8 Å². The monoisotopic (exact) mass is 394 g/mol. The molecule has 0 saturated heterocycles. The molecule has 10 heteroatoms. The lowest BCUT2D eigenvalue weighted by Crippen LogP contribution is -2.08. The molecule has 2 heterocycles. The van der Waals surface area contributed by atoms with Gasteiger partial charge in [0.25, 0.3) is 5.69 Å². The zero-order chi connectivity index (χ0) is 19.0. The number of esters is 1. The highest BCUT2D eigenvalue weighted by atomic mass is 35.5. The quantitative estimate of drug-likeness (QED) is 0.379. The molecule has 0 amide bonds. The molecule has 0 atom stereocenters. The first kappa shape index (κ1) is 18.1. The summed E-state index contributed by atoms with van der Waals surface area (Å²) < 4.78 is 6.39. The molecule has 0 bridgehead atoms. The first-order valence-corrected chi connectivity index (χ1v) is 8.12. The van der Waals surface area contributed by atoms with Crippen LogP contribution >= 0.6 is 23.2 Å². The van der Waals surface area contributed by atoms with Crippen LogP contribution < -0.4 is 0 Å². The van der Waals surface area contributed by atoms with Gasteiger partial charge in [-0.1, -0.05) is 23.2 Å². The first-order chi connectivity index (χ1) is 12.3. The number of aromatic nitrogens is 3. The standard InChI is InChI=1S/C16H12Cl2N4O4/c1-8-19-12-3-4-13(16(23)26-2)20-15(12)21(8)7-9-5-14(22(24)25)11(18)6-10(9)17/h3-6H,7H2,1-2H3. The number of hydrogen-bond donors (Lipinski definition) is 0. The average Bonchev–Trinajstić information content (AvgIpc) is 2.90. The number of imidazole rings is 1. The van der Waals surface area contributed by atoms with Crippen molar-refractivity contribution in [2.75, 3.05) is 7.11 Å². The Balaban J connectivity index is 2.11. The third-order valence-corrected chi connectivity index (χ3v) is 4.47. The molecule has 134 valence electrons. The summed E-state index contributed by atoms with van der Waals surface area (Å²) in [6.07, 6.45) is 0. The van der Waals surface area contributed by atoms with Crippen LogP contribution in [-0.2, 0) is 11.3 Å². The van der Waals surface area contributed by atoms with Crippen LogP contribution in [0.1, 0.15) is 21.9 Å². The molecule has 26 heavy (non-hydrogen) atoms. The van der Waals surface area contributed by atoms with Crippen LogP contribution in [0.15, 0.2) is 24.3 Å². The Morgan fingerprint density at radius 3 is 2.65 bits per heavy atom. The lowest BCUT2D eigenvalue weighted by Gasteiger charge is -2.09. The van der Waals surface area contributed by atoms with Crippen molar-refractivity contribution in [3.63, 3.8) is 0 Å². The molecule has 2 aromatic heterocycles. The van der Waals surface area contributed by atoms with E-state index in [1.807, 2.05) is 0 Å². The summed E-state index contributed by atoms with van der Waals surface area (Å²) in [5.41, 5.74) is 1.40. The van der Waals surface area contributed by atoms with Crippen molar-refractivity contribution in [2.45, 2.75) is 13.5 Å². The fourth-order valence-electron chi connectivity index (χ4n) is 2.53. The molecule has 0 fully saturated rings. The number of nitro benzene ring substituents is 1. The maximum absolute atomic E-state index is 11.7. The largest absolute Gasteiger partial charge is 0.464 e. The number of ether oxygens (including phenoxy) is 1. The van der Waals surface area contributed by atoms with E-state index in [1.54, 1.807) is 17.6 Å². The smallest absolute Gasteiger partial charge is 0.356 e. The molecule has 0 unspecified atom stereocenters. The maximum Gasteiger partial charge on any atom is 0.356 e. The highest BCUT2D eigenvalue weighted by Crippen LogP contribution is 2.32. The molecule has 0 radical (unpaired) electrons. The Morgan fingerprint density at radius 1 is 1.27 bits per heavy atom. The van der Waals surface area contributed by atoms with Crippen LogP contribution in [0.2, 0.25) is 10.0 Å². The third kappa shape index (κ3) is 3.21. The second-order valence-corrected chi connectivity index (χ2v) is 6.24. The molecule has 8 nitrogen and oxygen atoms in total. The van der Waals surface area contributed by atoms with Gasteiger partial charge in [0.2, 0.25) is 0 Å². The fourth-order valence-corrected chi connectivity index (χ4v) is 3.05. The number of pyridine rings is 1. The number of rotatable bonds is 4. The van der Waals surface area contributed by atoms with E-state index < -0.39 is 10.9 Å². The number of nitro groups is 1. The molecule has 0 spiro atoms. The van der Waals surface area contributed by atoms with E-state index in [9.17, 15) is 14.9 Å². The van der Waals surface area contributed by atoms with Gasteiger partial charge in [-0.2, -0.15) is 0 Å². The van der Waals surface area contributed by atoms with Crippen LogP contribution in [-0.4, -0.2) is 32.5 Å². The predicted octanol–water partition coefficient (Wildman–Crippen LogP) is 3.79. The van der Waals surface area contributed by atoms with E-state index in [1.165, 1.54) is 25.3 Å². The highest BCUT2D eigenvalue weighted by molar-refractivity contribution is 6.36. The van der Waals surface area contributed by atoms with E-state index in [4.69, 9.17) is 23.2 Å². The fraction of sp³-hybridized carbons (Fsp3) is 0.188. The minimum atomic E-state index is -0.575. The number of methoxy groups -OCH3 is 1. The van der Waals surface area contributed by atoms with Crippen molar-refractivity contribution < 1.29 is 14.5 Å². The van der Waals surface area contributed by atoms with Crippen molar-refractivity contribution in [3.05, 3.63) is 61.5 Å². The molecule has 3 rings (SSSR count). The van der Waals surface area contributed by atoms with Crippen molar-refractivity contribution in [2.24, 2.45) is 0 Å². The number of halogens is 2. The first-order valence-electron chi connectivity index (χ1n) is 7.36. The predicted molar refractivity (Wildman–Crippen MR) is 95.8 cm³/mol. The number of carbonyl (C=O) groups excluding carboxylic acids is 1. The Hall–Kier alpha value is -2.71. The van der Waals surface area contributed by atoms with Gasteiger partial charge >= 0.3 is 5.97 Å². The summed E-state index contributed by atoms with van der Waals surface area (Å²) in [7, 11) is 1.27. The molecule has 3 aromatic rings. The van der Waals surface area contributed by atoms with Gasteiger partial charge in [0.15, 0.2) is 11.3 Å². The highest BCUT2D eigenvalue weighted by Gasteiger charge is 2.19. The number of hydrogen-bond acceptors (Lipinski definition) is 6. The third-order valence-electron chi connectivity index (χ3n) is 3.82. The normalized spacial score (nSPS) is 10.9. The molecule has 0 aliphatic rings. The minimum absolute atomic E-state index is 0.0398. The van der Waals surface area contributed by atoms with E-state index in [2.05, 4.69) is 14.7 Å². The summed E-state index contributed by atoms with van der Waals surface area (Å²) in [5.74, 6) is 0.0423. The number of nitrogens with zero attached hydrogens (tertiary/aromatic N) is 4. The second kappa shape index (κ2) is 6.89. The minimum Gasteiger partial charge on any atom is -0.464 e. The van der Waals surface area contributed by atoms with Crippen molar-refractivity contribution in [3.8, 4) is 0 Å². The van der Waals surface area contributed by atoms with E-state index in [-0.39, 0.29) is 28.0 Å². The van der Waals surface area contributed by atoms with Crippen LogP contribution in [0.4, 0.5) is 5.69 Å². The molecule has 0 aliphatic heterocycles. The summed E-state index contributed by atoms with van der Waals surface area (Å²) in [5, 5.41) is 11.4. The molecule has 0 aliphatic carbocycles. The van der Waals surface area contributed by atoms with Crippen LogP contribution in [0.5, 0.6) is 0 Å². The number of aryl methyl sites for hydroxylation is 1. The summed E-state index contributed by atoms with van der Waals surface area (Å²) in [6.45, 7) is 1.94. The van der Waals surface area contributed by atoms with Gasteiger partial charge < -0.3 is 9.30 Å². The number of benzene rings is 1.